The summed E-state index contributed by atoms with van der Waals surface area (Å²) >= 11 is 0. The zero-order chi connectivity index (χ0) is 21.8. The van der Waals surface area contributed by atoms with Crippen molar-refractivity contribution in [3.05, 3.63) is 60.2 Å². The fourth-order valence-electron chi connectivity index (χ4n) is 4.65. The minimum absolute atomic E-state index is 0.0529. The summed E-state index contributed by atoms with van der Waals surface area (Å²) in [5.41, 5.74) is 2.25. The van der Waals surface area contributed by atoms with E-state index in [9.17, 15) is 9.59 Å². The summed E-state index contributed by atoms with van der Waals surface area (Å²) in [6, 6.07) is 18.3. The molecule has 0 aromatic heterocycles. The fourth-order valence-corrected chi connectivity index (χ4v) is 4.65. The molecule has 0 saturated carbocycles. The number of carbonyl (C=O) groups is 2. The maximum atomic E-state index is 13.2. The van der Waals surface area contributed by atoms with Crippen LogP contribution in [0.25, 0.3) is 0 Å². The van der Waals surface area contributed by atoms with Crippen molar-refractivity contribution in [2.24, 2.45) is 5.92 Å². The molecule has 0 N–H and O–H groups in total. The summed E-state index contributed by atoms with van der Waals surface area (Å²) in [6.07, 6.45) is 2.36. The molecular weight excluding hydrogens is 390 g/mol. The van der Waals surface area contributed by atoms with E-state index in [1.165, 1.54) is 5.69 Å². The van der Waals surface area contributed by atoms with Gasteiger partial charge < -0.3 is 19.4 Å². The Morgan fingerprint density at radius 1 is 1.10 bits per heavy atom. The highest BCUT2D eigenvalue weighted by Crippen LogP contribution is 2.26. The van der Waals surface area contributed by atoms with Gasteiger partial charge in [0, 0.05) is 51.4 Å². The number of carbonyl (C=O) groups excluding carboxylic acids is 2. The largest absolute Gasteiger partial charge is 0.497 e. The molecular formula is C25H31N3O3. The third kappa shape index (κ3) is 4.84. The number of piperidine rings is 1. The summed E-state index contributed by atoms with van der Waals surface area (Å²) in [6.45, 7) is 2.87. The van der Waals surface area contributed by atoms with Gasteiger partial charge in [-0.2, -0.15) is 0 Å². The second-order valence-corrected chi connectivity index (χ2v) is 8.55. The second kappa shape index (κ2) is 9.41. The molecule has 31 heavy (non-hydrogen) atoms. The van der Waals surface area contributed by atoms with Gasteiger partial charge in [-0.05, 0) is 42.7 Å². The van der Waals surface area contributed by atoms with Crippen LogP contribution in [0.15, 0.2) is 54.6 Å². The zero-order valence-corrected chi connectivity index (χ0v) is 18.4. The number of likely N-dealkylation sites (N-methyl/N-ethyl adjacent to an activating group) is 1. The molecule has 2 heterocycles. The van der Waals surface area contributed by atoms with Crippen LogP contribution in [0.2, 0.25) is 0 Å². The Bertz CT molecular complexity index is 900. The number of para-hydroxylation sites is 1. The SMILES string of the molecule is COc1ccc(CN2CC(C(=O)N(C)C3CCCN(c4ccccc4)C3)CC2=O)cc1. The average molecular weight is 422 g/mol. The normalized spacial score (nSPS) is 21.3. The third-order valence-electron chi connectivity index (χ3n) is 6.51. The molecule has 0 spiro atoms. The van der Waals surface area contributed by atoms with E-state index in [0.717, 1.165) is 37.2 Å². The van der Waals surface area contributed by atoms with Gasteiger partial charge in [0.2, 0.25) is 11.8 Å². The molecule has 2 aliphatic heterocycles. The number of hydrogen-bond donors (Lipinski definition) is 0. The maximum Gasteiger partial charge on any atom is 0.228 e. The first-order valence-corrected chi connectivity index (χ1v) is 11.0. The molecule has 164 valence electrons. The highest BCUT2D eigenvalue weighted by Gasteiger charge is 2.38. The van der Waals surface area contributed by atoms with Gasteiger partial charge >= 0.3 is 0 Å². The minimum Gasteiger partial charge on any atom is -0.497 e. The summed E-state index contributed by atoms with van der Waals surface area (Å²) < 4.78 is 5.19. The first-order chi connectivity index (χ1) is 15.0. The number of nitrogens with zero attached hydrogens (tertiary/aromatic N) is 3. The Morgan fingerprint density at radius 3 is 2.55 bits per heavy atom. The lowest BCUT2D eigenvalue weighted by atomic mass is 10.0. The molecule has 2 unspecified atom stereocenters. The molecule has 6 heteroatoms. The van der Waals surface area contributed by atoms with Gasteiger partial charge in [-0.25, -0.2) is 0 Å². The predicted octanol–water partition coefficient (Wildman–Crippen LogP) is 3.17. The van der Waals surface area contributed by atoms with Crippen LogP contribution in [0.5, 0.6) is 5.75 Å². The fraction of sp³-hybridized carbons (Fsp3) is 0.440. The monoisotopic (exact) mass is 421 g/mol. The molecule has 2 atom stereocenters. The Hall–Kier alpha value is -3.02. The van der Waals surface area contributed by atoms with Crippen LogP contribution in [-0.4, -0.2) is 61.4 Å². The highest BCUT2D eigenvalue weighted by atomic mass is 16.5. The molecule has 4 rings (SSSR count). The van der Waals surface area contributed by atoms with Gasteiger partial charge in [-0.15, -0.1) is 0 Å². The number of methoxy groups -OCH3 is 1. The molecule has 2 fully saturated rings. The van der Waals surface area contributed by atoms with Crippen LogP contribution in [-0.2, 0) is 16.1 Å². The molecule has 0 aliphatic carbocycles. The molecule has 2 saturated heterocycles. The molecule has 6 nitrogen and oxygen atoms in total. The number of anilines is 1. The smallest absolute Gasteiger partial charge is 0.228 e. The van der Waals surface area contributed by atoms with Crippen LogP contribution in [0.4, 0.5) is 5.69 Å². The van der Waals surface area contributed by atoms with Gasteiger partial charge in [0.15, 0.2) is 0 Å². The summed E-state index contributed by atoms with van der Waals surface area (Å²) in [5.74, 6) is 0.675. The average Bonchev–Trinajstić information content (AvgIpc) is 3.19. The second-order valence-electron chi connectivity index (χ2n) is 8.55. The summed E-state index contributed by atoms with van der Waals surface area (Å²) in [5, 5.41) is 0. The molecule has 0 radical (unpaired) electrons. The van der Waals surface area contributed by atoms with Crippen molar-refractivity contribution in [1.29, 1.82) is 0 Å². The van der Waals surface area contributed by atoms with Gasteiger partial charge in [0.1, 0.15) is 5.75 Å². The quantitative estimate of drug-likeness (QED) is 0.719. The molecule has 2 aromatic carbocycles. The highest BCUT2D eigenvalue weighted by molar-refractivity contribution is 5.89. The van der Waals surface area contributed by atoms with E-state index in [0.29, 0.717) is 19.5 Å². The van der Waals surface area contributed by atoms with Crippen LogP contribution >= 0.6 is 0 Å². The number of amides is 2. The van der Waals surface area contributed by atoms with Crippen molar-refractivity contribution in [3.8, 4) is 5.75 Å². The minimum atomic E-state index is -0.261. The van der Waals surface area contributed by atoms with Gasteiger partial charge in [-0.1, -0.05) is 30.3 Å². The topological polar surface area (TPSA) is 53.1 Å². The number of benzene rings is 2. The zero-order valence-electron chi connectivity index (χ0n) is 18.4. The van der Waals surface area contributed by atoms with E-state index in [1.54, 1.807) is 12.0 Å². The standard InChI is InChI=1S/C25H31N3O3/c1-26(22-9-6-14-27(18-22)21-7-4-3-5-8-21)25(30)20-15-24(29)28(17-20)16-19-10-12-23(31-2)13-11-19/h3-5,7-8,10-13,20,22H,6,9,14-18H2,1-2H3. The molecule has 2 aromatic rings. The van der Waals surface area contributed by atoms with Crippen molar-refractivity contribution < 1.29 is 14.3 Å². The van der Waals surface area contributed by atoms with Crippen molar-refractivity contribution in [1.82, 2.24) is 9.80 Å². The Balaban J connectivity index is 1.35. The van der Waals surface area contributed by atoms with Crippen LogP contribution in [0.3, 0.4) is 0 Å². The number of hydrogen-bond acceptors (Lipinski definition) is 4. The maximum absolute atomic E-state index is 13.2. The Kier molecular flexibility index (Phi) is 6.44. The van der Waals surface area contributed by atoms with Gasteiger partial charge in [-0.3, -0.25) is 9.59 Å². The third-order valence-corrected chi connectivity index (χ3v) is 6.51. The predicted molar refractivity (Wildman–Crippen MR) is 121 cm³/mol. The van der Waals surface area contributed by atoms with Crippen molar-refractivity contribution >= 4 is 17.5 Å². The van der Waals surface area contributed by atoms with Crippen LogP contribution in [0, 0.1) is 5.92 Å². The van der Waals surface area contributed by atoms with E-state index < -0.39 is 0 Å². The lowest BCUT2D eigenvalue weighted by molar-refractivity contribution is -0.136. The number of likely N-dealkylation sites (tertiary alicyclic amines) is 1. The van der Waals surface area contributed by atoms with Crippen LogP contribution in [0.1, 0.15) is 24.8 Å². The lowest BCUT2D eigenvalue weighted by Gasteiger charge is -2.39. The number of ether oxygens (including phenoxy) is 1. The first kappa shape index (κ1) is 21.2. The summed E-state index contributed by atoms with van der Waals surface area (Å²) in [4.78, 5) is 31.9. The van der Waals surface area contributed by atoms with Gasteiger partial charge in [0.05, 0.1) is 13.0 Å². The van der Waals surface area contributed by atoms with Crippen molar-refractivity contribution in [2.45, 2.75) is 31.8 Å². The molecule has 2 aliphatic rings. The van der Waals surface area contributed by atoms with E-state index in [2.05, 4.69) is 29.2 Å². The Morgan fingerprint density at radius 2 is 1.84 bits per heavy atom. The van der Waals surface area contributed by atoms with Crippen molar-refractivity contribution in [2.75, 3.05) is 38.7 Å². The Labute approximate surface area is 184 Å². The summed E-state index contributed by atoms with van der Waals surface area (Å²) in [7, 11) is 3.54. The molecule has 0 bridgehead atoms. The van der Waals surface area contributed by atoms with E-state index in [1.807, 2.05) is 42.3 Å². The van der Waals surface area contributed by atoms with E-state index >= 15 is 0 Å². The van der Waals surface area contributed by atoms with Crippen molar-refractivity contribution in [3.63, 3.8) is 0 Å². The van der Waals surface area contributed by atoms with E-state index in [-0.39, 0.29) is 23.8 Å². The lowest BCUT2D eigenvalue weighted by Crippen LogP contribution is -2.50. The molecule has 2 amide bonds. The van der Waals surface area contributed by atoms with E-state index in [4.69, 9.17) is 4.74 Å². The van der Waals surface area contributed by atoms with Crippen LogP contribution < -0.4 is 9.64 Å². The first-order valence-electron chi connectivity index (χ1n) is 11.0. The number of rotatable bonds is 6. The van der Waals surface area contributed by atoms with Gasteiger partial charge in [0.25, 0.3) is 0 Å².